The topological polar surface area (TPSA) is 77.2 Å². The minimum atomic E-state index is -0.113. The maximum absolute atomic E-state index is 11.6. The van der Waals surface area contributed by atoms with E-state index in [1.165, 1.54) is 11.3 Å². The number of anilines is 1. The van der Waals surface area contributed by atoms with Crippen LogP contribution in [0.25, 0.3) is 0 Å². The van der Waals surface area contributed by atoms with E-state index in [1.807, 2.05) is 0 Å². The van der Waals surface area contributed by atoms with Crippen molar-refractivity contribution in [2.24, 2.45) is 0 Å². The maximum Gasteiger partial charge on any atom is 0.263 e. The number of thiazole rings is 1. The van der Waals surface area contributed by atoms with Gasteiger partial charge >= 0.3 is 0 Å². The molecule has 0 radical (unpaired) electrons. The summed E-state index contributed by atoms with van der Waals surface area (Å²) in [5, 5.41) is 3.21. The van der Waals surface area contributed by atoms with Gasteiger partial charge in [0.2, 0.25) is 0 Å². The van der Waals surface area contributed by atoms with Gasteiger partial charge in [-0.05, 0) is 13.3 Å². The van der Waals surface area contributed by atoms with Crippen LogP contribution < -0.4 is 11.1 Å². The summed E-state index contributed by atoms with van der Waals surface area (Å²) in [6.07, 6.45) is 0.801. The van der Waals surface area contributed by atoms with Crippen molar-refractivity contribution >= 4 is 22.4 Å². The zero-order valence-electron chi connectivity index (χ0n) is 8.87. The quantitative estimate of drug-likeness (QED) is 0.732. The molecule has 1 heterocycles. The number of amides is 1. The number of aryl methyl sites for hydroxylation is 1. The second kappa shape index (κ2) is 5.67. The number of aromatic nitrogens is 1. The summed E-state index contributed by atoms with van der Waals surface area (Å²) in [5.41, 5.74) is 6.18. The van der Waals surface area contributed by atoms with Crippen molar-refractivity contribution in [3.05, 3.63) is 10.6 Å². The average molecular weight is 229 g/mol. The third-order valence-corrected chi connectivity index (χ3v) is 2.82. The molecular formula is C9H15N3O2S. The molecule has 0 saturated heterocycles. The van der Waals surface area contributed by atoms with Gasteiger partial charge in [0.15, 0.2) is 5.13 Å². The molecule has 84 valence electrons. The van der Waals surface area contributed by atoms with Crippen molar-refractivity contribution in [1.29, 1.82) is 0 Å². The minimum absolute atomic E-state index is 0.113. The number of methoxy groups -OCH3 is 1. The fraction of sp³-hybridized carbons (Fsp3) is 0.556. The Balaban J connectivity index is 2.43. The number of nitrogens with zero attached hydrogens (tertiary/aromatic N) is 1. The molecular weight excluding hydrogens is 214 g/mol. The largest absolute Gasteiger partial charge is 0.385 e. The van der Waals surface area contributed by atoms with Crippen molar-refractivity contribution in [3.8, 4) is 0 Å². The molecule has 0 aliphatic heterocycles. The van der Waals surface area contributed by atoms with Gasteiger partial charge in [-0.25, -0.2) is 4.98 Å². The first-order valence-electron chi connectivity index (χ1n) is 4.65. The molecule has 0 spiro atoms. The summed E-state index contributed by atoms with van der Waals surface area (Å²) in [4.78, 5) is 16.2. The first-order chi connectivity index (χ1) is 7.15. The molecule has 0 bridgehead atoms. The molecule has 15 heavy (non-hydrogen) atoms. The summed E-state index contributed by atoms with van der Waals surface area (Å²) < 4.78 is 4.88. The Kier molecular flexibility index (Phi) is 4.51. The van der Waals surface area contributed by atoms with Crippen molar-refractivity contribution in [3.63, 3.8) is 0 Å². The molecule has 1 aromatic rings. The molecule has 3 N–H and O–H groups in total. The van der Waals surface area contributed by atoms with E-state index in [4.69, 9.17) is 10.5 Å². The number of ether oxygens (including phenoxy) is 1. The molecule has 0 unspecified atom stereocenters. The fourth-order valence-electron chi connectivity index (χ4n) is 1.13. The van der Waals surface area contributed by atoms with Crippen LogP contribution in [-0.2, 0) is 4.74 Å². The Hall–Kier alpha value is -1.14. The number of nitrogens with two attached hydrogens (primary N) is 1. The average Bonchev–Trinajstić information content (AvgIpc) is 2.52. The zero-order chi connectivity index (χ0) is 11.3. The second-order valence-electron chi connectivity index (χ2n) is 3.07. The zero-order valence-corrected chi connectivity index (χ0v) is 9.69. The van der Waals surface area contributed by atoms with Crippen molar-refractivity contribution < 1.29 is 9.53 Å². The van der Waals surface area contributed by atoms with Crippen molar-refractivity contribution in [1.82, 2.24) is 10.3 Å². The summed E-state index contributed by atoms with van der Waals surface area (Å²) >= 11 is 1.21. The van der Waals surface area contributed by atoms with Crippen molar-refractivity contribution in [2.45, 2.75) is 13.3 Å². The van der Waals surface area contributed by atoms with Crippen LogP contribution in [0.5, 0.6) is 0 Å². The third kappa shape index (κ3) is 3.49. The van der Waals surface area contributed by atoms with Gasteiger partial charge in [0.05, 0.1) is 5.69 Å². The van der Waals surface area contributed by atoms with Gasteiger partial charge in [-0.15, -0.1) is 0 Å². The van der Waals surface area contributed by atoms with Gasteiger partial charge in [0.25, 0.3) is 5.91 Å². The van der Waals surface area contributed by atoms with Gasteiger partial charge in [0, 0.05) is 20.3 Å². The smallest absolute Gasteiger partial charge is 0.263 e. The maximum atomic E-state index is 11.6. The first-order valence-corrected chi connectivity index (χ1v) is 5.47. The van der Waals surface area contributed by atoms with E-state index in [1.54, 1.807) is 14.0 Å². The van der Waals surface area contributed by atoms with Gasteiger partial charge in [0.1, 0.15) is 4.88 Å². The van der Waals surface area contributed by atoms with Crippen molar-refractivity contribution in [2.75, 3.05) is 26.0 Å². The number of carbonyl (C=O) groups excluding carboxylic acids is 1. The SMILES string of the molecule is COCCCNC(=O)c1sc(N)nc1C. The van der Waals surface area contributed by atoms with E-state index in [0.717, 1.165) is 6.42 Å². The van der Waals surface area contributed by atoms with Crippen LogP contribution in [0.4, 0.5) is 5.13 Å². The summed E-state index contributed by atoms with van der Waals surface area (Å²) in [7, 11) is 1.63. The molecule has 1 aromatic heterocycles. The molecule has 0 aromatic carbocycles. The van der Waals surface area contributed by atoms with E-state index in [2.05, 4.69) is 10.3 Å². The molecule has 0 atom stereocenters. The van der Waals surface area contributed by atoms with Gasteiger partial charge in [-0.2, -0.15) is 0 Å². The number of rotatable bonds is 5. The number of nitrogens with one attached hydrogen (secondary N) is 1. The standard InChI is InChI=1S/C9H15N3O2S/c1-6-7(15-9(10)12-6)8(13)11-4-3-5-14-2/h3-5H2,1-2H3,(H2,10,12)(H,11,13). The highest BCUT2D eigenvalue weighted by atomic mass is 32.1. The number of hydrogen-bond donors (Lipinski definition) is 2. The minimum Gasteiger partial charge on any atom is -0.385 e. The van der Waals surface area contributed by atoms with Gasteiger partial charge in [-0.1, -0.05) is 11.3 Å². The first kappa shape index (κ1) is 11.9. The van der Waals surface area contributed by atoms with Crippen LogP contribution in [0.3, 0.4) is 0 Å². The Morgan fingerprint density at radius 1 is 1.67 bits per heavy atom. The van der Waals surface area contributed by atoms with Crippen LogP contribution in [0.2, 0.25) is 0 Å². The fourth-order valence-corrected chi connectivity index (χ4v) is 1.88. The Labute approximate surface area is 92.6 Å². The molecule has 5 nitrogen and oxygen atoms in total. The Morgan fingerprint density at radius 2 is 2.40 bits per heavy atom. The van der Waals surface area contributed by atoms with E-state index in [9.17, 15) is 4.79 Å². The van der Waals surface area contributed by atoms with Crippen LogP contribution >= 0.6 is 11.3 Å². The number of nitrogen functional groups attached to an aromatic ring is 1. The van der Waals surface area contributed by atoms with Crippen LogP contribution in [0.15, 0.2) is 0 Å². The number of carbonyl (C=O) groups is 1. The third-order valence-electron chi connectivity index (χ3n) is 1.83. The molecule has 6 heteroatoms. The highest BCUT2D eigenvalue weighted by Gasteiger charge is 2.12. The van der Waals surface area contributed by atoms with Gasteiger partial charge in [-0.3, -0.25) is 4.79 Å². The van der Waals surface area contributed by atoms with E-state index < -0.39 is 0 Å². The van der Waals surface area contributed by atoms with Crippen LogP contribution in [0.1, 0.15) is 21.8 Å². The van der Waals surface area contributed by atoms with E-state index in [0.29, 0.717) is 28.9 Å². The second-order valence-corrected chi connectivity index (χ2v) is 4.10. The monoisotopic (exact) mass is 229 g/mol. The Morgan fingerprint density at radius 3 is 2.93 bits per heavy atom. The summed E-state index contributed by atoms with van der Waals surface area (Å²) in [6.45, 7) is 3.02. The molecule has 1 rings (SSSR count). The molecule has 0 saturated carbocycles. The summed E-state index contributed by atoms with van der Waals surface area (Å²) in [6, 6.07) is 0. The van der Waals surface area contributed by atoms with Gasteiger partial charge < -0.3 is 15.8 Å². The highest BCUT2D eigenvalue weighted by molar-refractivity contribution is 7.17. The molecule has 1 amide bonds. The molecule has 0 aliphatic rings. The van der Waals surface area contributed by atoms with Crippen LogP contribution in [-0.4, -0.2) is 31.2 Å². The predicted molar refractivity (Wildman–Crippen MR) is 60.1 cm³/mol. The molecule has 0 fully saturated rings. The predicted octanol–water partition coefficient (Wildman–Crippen LogP) is 0.800. The van der Waals surface area contributed by atoms with Crippen LogP contribution in [0, 0.1) is 6.92 Å². The normalized spacial score (nSPS) is 10.3. The lowest BCUT2D eigenvalue weighted by Crippen LogP contribution is -2.24. The number of hydrogen-bond acceptors (Lipinski definition) is 5. The lowest BCUT2D eigenvalue weighted by molar-refractivity contribution is 0.0952. The van der Waals surface area contributed by atoms with E-state index >= 15 is 0 Å². The molecule has 0 aliphatic carbocycles. The Bertz CT molecular complexity index is 338. The highest BCUT2D eigenvalue weighted by Crippen LogP contribution is 2.19. The lowest BCUT2D eigenvalue weighted by Gasteiger charge is -2.02. The summed E-state index contributed by atoms with van der Waals surface area (Å²) in [5.74, 6) is -0.113. The van der Waals surface area contributed by atoms with E-state index in [-0.39, 0.29) is 5.91 Å². The lowest BCUT2D eigenvalue weighted by atomic mass is 10.3.